The maximum Gasteiger partial charge on any atom is 0.413 e. The Morgan fingerprint density at radius 1 is 1.26 bits per heavy atom. The molecule has 3 aliphatic rings. The minimum Gasteiger partial charge on any atom is -0.446 e. The second kappa shape index (κ2) is 8.05. The number of fused-ring (bicyclic) bond motifs is 2. The Hall–Kier alpha value is -3.46. The van der Waals surface area contributed by atoms with Crippen LogP contribution in [0.4, 0.5) is 26.4 Å². The first-order chi connectivity index (χ1) is 16.8. The highest BCUT2D eigenvalue weighted by Crippen LogP contribution is 2.49. The Kier molecular flexibility index (Phi) is 5.07. The average Bonchev–Trinajstić information content (AvgIpc) is 2.80. The SMILES string of the molecule is Cc1c(-c2cc3cc(NC(=O)OC4CC5(C4)CN(C)C5)ncc3c(N)c2F)cnc2c1NCCC2. The first kappa shape index (κ1) is 22.0. The number of benzene rings is 1. The molecule has 2 aliphatic heterocycles. The summed E-state index contributed by atoms with van der Waals surface area (Å²) in [6, 6.07) is 3.43. The molecule has 1 aliphatic carbocycles. The van der Waals surface area contributed by atoms with E-state index in [1.165, 1.54) is 6.20 Å². The van der Waals surface area contributed by atoms with Crippen molar-refractivity contribution in [2.45, 2.75) is 38.7 Å². The van der Waals surface area contributed by atoms with Gasteiger partial charge in [-0.1, -0.05) is 0 Å². The monoisotopic (exact) mass is 476 g/mol. The minimum atomic E-state index is -0.527. The third-order valence-electron chi connectivity index (χ3n) is 7.63. The highest BCUT2D eigenvalue weighted by molar-refractivity contribution is 5.99. The summed E-state index contributed by atoms with van der Waals surface area (Å²) in [7, 11) is 2.10. The van der Waals surface area contributed by atoms with Crippen LogP contribution >= 0.6 is 0 Å². The van der Waals surface area contributed by atoms with Gasteiger partial charge < -0.3 is 20.7 Å². The number of anilines is 3. The molecule has 3 aromatic rings. The molecule has 1 spiro atoms. The van der Waals surface area contributed by atoms with E-state index in [1.807, 2.05) is 6.92 Å². The number of amides is 1. The van der Waals surface area contributed by atoms with Gasteiger partial charge >= 0.3 is 6.09 Å². The summed E-state index contributed by atoms with van der Waals surface area (Å²) in [5.41, 5.74) is 10.5. The molecule has 1 amide bonds. The first-order valence-corrected chi connectivity index (χ1v) is 12.1. The molecular weight excluding hydrogens is 447 g/mol. The molecular formula is C26H29FN6O2. The number of carbonyl (C=O) groups excluding carboxylic acids is 1. The van der Waals surface area contributed by atoms with Gasteiger partial charge in [0.05, 0.1) is 17.1 Å². The van der Waals surface area contributed by atoms with E-state index in [4.69, 9.17) is 10.5 Å². The summed E-state index contributed by atoms with van der Waals surface area (Å²) in [6.07, 6.45) is 6.34. The molecule has 182 valence electrons. The van der Waals surface area contributed by atoms with Crippen molar-refractivity contribution in [3.8, 4) is 11.1 Å². The van der Waals surface area contributed by atoms with Crippen LogP contribution in [0.15, 0.2) is 24.5 Å². The Morgan fingerprint density at radius 3 is 2.83 bits per heavy atom. The molecule has 2 aromatic heterocycles. The number of ether oxygens (including phenoxy) is 1. The number of aromatic nitrogens is 2. The molecule has 0 bridgehead atoms. The normalized spacial score (nSPS) is 18.9. The van der Waals surface area contributed by atoms with Crippen LogP contribution in [0.3, 0.4) is 0 Å². The number of halogens is 1. The van der Waals surface area contributed by atoms with Gasteiger partial charge in [-0.15, -0.1) is 0 Å². The molecule has 1 saturated heterocycles. The van der Waals surface area contributed by atoms with Crippen molar-refractivity contribution in [1.82, 2.24) is 14.9 Å². The van der Waals surface area contributed by atoms with Crippen LogP contribution in [0.1, 0.15) is 30.5 Å². The molecule has 6 rings (SSSR count). The molecule has 4 heterocycles. The fourth-order valence-electron chi connectivity index (χ4n) is 6.01. The number of nitrogens with zero attached hydrogens (tertiary/aromatic N) is 3. The number of nitrogens with one attached hydrogen (secondary N) is 2. The number of aryl methyl sites for hydroxylation is 1. The van der Waals surface area contributed by atoms with E-state index < -0.39 is 11.9 Å². The van der Waals surface area contributed by atoms with Crippen molar-refractivity contribution in [2.24, 2.45) is 5.41 Å². The van der Waals surface area contributed by atoms with Crippen molar-refractivity contribution < 1.29 is 13.9 Å². The third kappa shape index (κ3) is 3.74. The van der Waals surface area contributed by atoms with E-state index >= 15 is 4.39 Å². The quantitative estimate of drug-likeness (QED) is 0.483. The molecule has 35 heavy (non-hydrogen) atoms. The van der Waals surface area contributed by atoms with E-state index in [2.05, 4.69) is 32.5 Å². The van der Waals surface area contributed by atoms with Crippen molar-refractivity contribution >= 4 is 34.1 Å². The van der Waals surface area contributed by atoms with Crippen LogP contribution < -0.4 is 16.4 Å². The van der Waals surface area contributed by atoms with E-state index in [0.717, 1.165) is 62.3 Å². The largest absolute Gasteiger partial charge is 0.446 e. The molecule has 4 N–H and O–H groups in total. The molecule has 2 fully saturated rings. The van der Waals surface area contributed by atoms with Crippen molar-refractivity contribution in [1.29, 1.82) is 0 Å². The number of likely N-dealkylation sites (tertiary alicyclic amines) is 1. The van der Waals surface area contributed by atoms with E-state index in [0.29, 0.717) is 33.1 Å². The van der Waals surface area contributed by atoms with Gasteiger partial charge in [0.2, 0.25) is 0 Å². The van der Waals surface area contributed by atoms with Crippen LogP contribution in [0.2, 0.25) is 0 Å². The number of nitrogens with two attached hydrogens (primary N) is 1. The van der Waals surface area contributed by atoms with Gasteiger partial charge in [0.1, 0.15) is 11.9 Å². The van der Waals surface area contributed by atoms with Gasteiger partial charge in [0.15, 0.2) is 5.82 Å². The molecule has 1 aromatic carbocycles. The van der Waals surface area contributed by atoms with E-state index in [-0.39, 0.29) is 11.8 Å². The predicted molar refractivity (Wildman–Crippen MR) is 134 cm³/mol. The molecule has 0 atom stereocenters. The highest BCUT2D eigenvalue weighted by atomic mass is 19.1. The molecule has 1 saturated carbocycles. The maximum atomic E-state index is 15.4. The number of hydrogen-bond donors (Lipinski definition) is 3. The zero-order valence-electron chi connectivity index (χ0n) is 19.9. The zero-order chi connectivity index (χ0) is 24.3. The predicted octanol–water partition coefficient (Wildman–Crippen LogP) is 4.33. The summed E-state index contributed by atoms with van der Waals surface area (Å²) in [4.78, 5) is 23.5. The van der Waals surface area contributed by atoms with Gasteiger partial charge in [0.25, 0.3) is 0 Å². The zero-order valence-corrected chi connectivity index (χ0v) is 19.9. The van der Waals surface area contributed by atoms with Gasteiger partial charge in [-0.25, -0.2) is 14.2 Å². The van der Waals surface area contributed by atoms with Gasteiger partial charge in [-0.2, -0.15) is 0 Å². The van der Waals surface area contributed by atoms with Crippen molar-refractivity contribution in [3.63, 3.8) is 0 Å². The van der Waals surface area contributed by atoms with Crippen LogP contribution in [0.25, 0.3) is 21.9 Å². The van der Waals surface area contributed by atoms with Crippen LogP contribution in [0, 0.1) is 18.2 Å². The second-order valence-corrected chi connectivity index (χ2v) is 10.3. The van der Waals surface area contributed by atoms with Crippen molar-refractivity contribution in [3.05, 3.63) is 41.6 Å². The van der Waals surface area contributed by atoms with Crippen LogP contribution in [0.5, 0.6) is 0 Å². The molecule has 8 nitrogen and oxygen atoms in total. The summed E-state index contributed by atoms with van der Waals surface area (Å²) in [5.74, 6) is -0.167. The Bertz CT molecular complexity index is 1350. The molecule has 0 radical (unpaired) electrons. The summed E-state index contributed by atoms with van der Waals surface area (Å²) < 4.78 is 20.9. The number of rotatable bonds is 3. The summed E-state index contributed by atoms with van der Waals surface area (Å²) in [5, 5.41) is 7.27. The number of hydrogen-bond acceptors (Lipinski definition) is 7. The number of pyridine rings is 2. The molecule has 9 heteroatoms. The second-order valence-electron chi connectivity index (χ2n) is 10.3. The first-order valence-electron chi connectivity index (χ1n) is 12.1. The van der Waals surface area contributed by atoms with Gasteiger partial charge in [0, 0.05) is 54.0 Å². The van der Waals surface area contributed by atoms with Gasteiger partial charge in [-0.3, -0.25) is 10.3 Å². The summed E-state index contributed by atoms with van der Waals surface area (Å²) in [6.45, 7) is 4.97. The van der Waals surface area contributed by atoms with E-state index in [1.54, 1.807) is 18.3 Å². The lowest BCUT2D eigenvalue weighted by Gasteiger charge is -2.57. The Labute approximate surface area is 203 Å². The number of carbonyl (C=O) groups is 1. The Balaban J connectivity index is 1.25. The van der Waals surface area contributed by atoms with Crippen molar-refractivity contribution in [2.75, 3.05) is 43.0 Å². The Morgan fingerprint density at radius 2 is 2.06 bits per heavy atom. The van der Waals surface area contributed by atoms with Crippen LogP contribution in [-0.2, 0) is 11.2 Å². The molecule has 0 unspecified atom stereocenters. The third-order valence-corrected chi connectivity index (χ3v) is 7.63. The van der Waals surface area contributed by atoms with Crippen LogP contribution in [-0.4, -0.2) is 53.7 Å². The lowest BCUT2D eigenvalue weighted by molar-refractivity contribution is -0.119. The summed E-state index contributed by atoms with van der Waals surface area (Å²) >= 11 is 0. The minimum absolute atomic E-state index is 0.0226. The smallest absolute Gasteiger partial charge is 0.413 e. The standard InChI is InChI=1S/C26H29FN6O2/c1-14-18(10-30-20-4-3-5-29-24(14)20)17-6-15-7-21(31-11-19(15)23(28)22(17)27)32-25(34)35-16-8-26(9-16)12-33(2)13-26/h6-7,10-11,16,29H,3-5,8-9,12-13,28H2,1-2H3,(H,31,32,34). The lowest BCUT2D eigenvalue weighted by Crippen LogP contribution is -2.62. The average molecular weight is 477 g/mol. The maximum absolute atomic E-state index is 15.4. The highest BCUT2D eigenvalue weighted by Gasteiger charge is 2.52. The van der Waals surface area contributed by atoms with E-state index in [9.17, 15) is 4.79 Å². The number of nitrogen functional groups attached to an aromatic ring is 1. The fraction of sp³-hybridized carbons (Fsp3) is 0.423. The topological polar surface area (TPSA) is 105 Å². The lowest BCUT2D eigenvalue weighted by atomic mass is 9.62. The van der Waals surface area contributed by atoms with Gasteiger partial charge in [-0.05, 0) is 62.7 Å². The fourth-order valence-corrected chi connectivity index (χ4v) is 6.01.